The molecule has 0 aromatic heterocycles. The van der Waals surface area contributed by atoms with Crippen LogP contribution in [0.3, 0.4) is 0 Å². The van der Waals surface area contributed by atoms with Crippen LogP contribution in [0.5, 0.6) is 0 Å². The number of rotatable bonds is 11. The smallest absolute Gasteiger partial charge is 0.319 e. The van der Waals surface area contributed by atoms with E-state index < -0.39 is 12.1 Å². The van der Waals surface area contributed by atoms with E-state index in [-0.39, 0.29) is 30.2 Å². The summed E-state index contributed by atoms with van der Waals surface area (Å²) in [5.74, 6) is -0.506. The van der Waals surface area contributed by atoms with Crippen molar-refractivity contribution in [3.63, 3.8) is 0 Å². The molecule has 2 fully saturated rings. The zero-order chi connectivity index (χ0) is 24.3. The Morgan fingerprint density at radius 1 is 1.18 bits per heavy atom. The van der Waals surface area contributed by atoms with Gasteiger partial charge in [-0.05, 0) is 43.2 Å². The summed E-state index contributed by atoms with van der Waals surface area (Å²) in [5.41, 5.74) is 3.43. The summed E-state index contributed by atoms with van der Waals surface area (Å²) in [4.78, 5) is 39.7. The minimum Gasteiger partial charge on any atom is -0.465 e. The summed E-state index contributed by atoms with van der Waals surface area (Å²) in [6.07, 6.45) is 7.27. The van der Waals surface area contributed by atoms with E-state index in [0.717, 1.165) is 43.2 Å². The van der Waals surface area contributed by atoms with E-state index in [9.17, 15) is 14.4 Å². The lowest BCUT2D eigenvalue weighted by Gasteiger charge is -2.43. The van der Waals surface area contributed by atoms with E-state index in [1.54, 1.807) is 17.4 Å². The Morgan fingerprint density at radius 2 is 1.91 bits per heavy atom. The van der Waals surface area contributed by atoms with Gasteiger partial charge in [-0.1, -0.05) is 43.5 Å². The fraction of sp³-hybridized carbons (Fsp3) is 0.583. The molecular formula is C24H35N5O5. The SMILES string of the molecule is CCOC(=O)CN[C@@H](C(=O)N1CC[C@H]1C(=O)NCc1ccc(/C=N/NO)cc1)C1CCCCC1. The van der Waals surface area contributed by atoms with Crippen molar-refractivity contribution in [2.45, 2.75) is 64.1 Å². The van der Waals surface area contributed by atoms with Crippen LogP contribution in [0.15, 0.2) is 29.4 Å². The Labute approximate surface area is 200 Å². The highest BCUT2D eigenvalue weighted by Gasteiger charge is 2.42. The number of benzene rings is 1. The Balaban J connectivity index is 1.56. The molecule has 1 heterocycles. The number of carbonyl (C=O) groups excluding carboxylic acids is 3. The van der Waals surface area contributed by atoms with Crippen molar-refractivity contribution in [2.75, 3.05) is 19.7 Å². The number of carbonyl (C=O) groups is 3. The molecule has 10 heteroatoms. The van der Waals surface area contributed by atoms with Gasteiger partial charge in [0.15, 0.2) is 0 Å². The molecule has 1 aliphatic carbocycles. The molecular weight excluding hydrogens is 438 g/mol. The molecule has 2 amide bonds. The molecule has 34 heavy (non-hydrogen) atoms. The molecule has 1 aromatic rings. The lowest BCUT2D eigenvalue weighted by molar-refractivity contribution is -0.151. The monoisotopic (exact) mass is 473 g/mol. The Bertz CT molecular complexity index is 854. The number of hydrazone groups is 1. The second-order valence-corrected chi connectivity index (χ2v) is 8.72. The fourth-order valence-corrected chi connectivity index (χ4v) is 4.56. The zero-order valence-electron chi connectivity index (χ0n) is 19.7. The summed E-state index contributed by atoms with van der Waals surface area (Å²) in [6, 6.07) is 6.40. The van der Waals surface area contributed by atoms with Gasteiger partial charge >= 0.3 is 5.97 Å². The molecule has 2 atom stereocenters. The molecule has 186 valence electrons. The third kappa shape index (κ3) is 7.01. The van der Waals surface area contributed by atoms with Gasteiger partial charge in [0.1, 0.15) is 6.04 Å². The molecule has 1 saturated carbocycles. The van der Waals surface area contributed by atoms with Gasteiger partial charge in [-0.25, -0.2) is 0 Å². The second-order valence-electron chi connectivity index (χ2n) is 8.72. The first-order chi connectivity index (χ1) is 16.5. The van der Waals surface area contributed by atoms with Crippen LogP contribution in [0, 0.1) is 5.92 Å². The Morgan fingerprint density at radius 3 is 2.53 bits per heavy atom. The van der Waals surface area contributed by atoms with Crippen molar-refractivity contribution in [1.29, 1.82) is 0 Å². The standard InChI is InChI=1S/C24H35N5O5/c1-2-34-21(30)16-25-22(19-6-4-3-5-7-19)24(32)29-13-12-20(29)23(31)26-14-17-8-10-18(11-9-17)15-27-28-33/h8-11,15,19-20,22,25,28,33H,2-7,12-14,16H2,1H3,(H,26,31)/b27-15+/t20-,22+/m0/s1. The number of nitrogens with one attached hydrogen (secondary N) is 3. The maximum absolute atomic E-state index is 13.4. The predicted octanol–water partition coefficient (Wildman–Crippen LogP) is 1.32. The number of esters is 1. The van der Waals surface area contributed by atoms with E-state index >= 15 is 0 Å². The number of likely N-dealkylation sites (tertiary alicyclic amines) is 1. The minimum atomic E-state index is -0.495. The molecule has 1 aromatic carbocycles. The van der Waals surface area contributed by atoms with Gasteiger partial charge in [-0.3, -0.25) is 24.9 Å². The van der Waals surface area contributed by atoms with E-state index in [0.29, 0.717) is 26.1 Å². The average Bonchev–Trinajstić information content (AvgIpc) is 2.82. The lowest BCUT2D eigenvalue weighted by Crippen LogP contribution is -2.63. The lowest BCUT2D eigenvalue weighted by atomic mass is 9.82. The largest absolute Gasteiger partial charge is 0.465 e. The van der Waals surface area contributed by atoms with E-state index in [2.05, 4.69) is 15.7 Å². The molecule has 10 nitrogen and oxygen atoms in total. The maximum atomic E-state index is 13.4. The molecule has 1 aliphatic heterocycles. The van der Waals surface area contributed by atoms with Crippen molar-refractivity contribution in [1.82, 2.24) is 21.1 Å². The summed E-state index contributed by atoms with van der Waals surface area (Å²) in [5, 5.41) is 18.1. The van der Waals surface area contributed by atoms with Gasteiger partial charge < -0.3 is 15.0 Å². The van der Waals surface area contributed by atoms with Gasteiger partial charge in [-0.2, -0.15) is 10.7 Å². The molecule has 4 N–H and O–H groups in total. The molecule has 2 aliphatic rings. The van der Waals surface area contributed by atoms with Crippen LogP contribution in [-0.2, 0) is 25.7 Å². The van der Waals surface area contributed by atoms with E-state index in [1.807, 2.05) is 24.3 Å². The van der Waals surface area contributed by atoms with Crippen LogP contribution in [0.2, 0.25) is 0 Å². The predicted molar refractivity (Wildman–Crippen MR) is 126 cm³/mol. The average molecular weight is 474 g/mol. The molecule has 3 rings (SSSR count). The minimum absolute atomic E-state index is 0.0134. The van der Waals surface area contributed by atoms with Crippen LogP contribution in [-0.4, -0.2) is 65.9 Å². The molecule has 0 radical (unpaired) electrons. The van der Waals surface area contributed by atoms with Crippen LogP contribution < -0.4 is 16.2 Å². The van der Waals surface area contributed by atoms with Crippen molar-refractivity contribution in [2.24, 2.45) is 11.0 Å². The first-order valence-electron chi connectivity index (χ1n) is 12.0. The summed E-state index contributed by atoms with van der Waals surface area (Å²) < 4.78 is 5.01. The van der Waals surface area contributed by atoms with Gasteiger partial charge in [-0.15, -0.1) is 0 Å². The normalized spacial score (nSPS) is 19.4. The molecule has 0 spiro atoms. The molecule has 1 saturated heterocycles. The number of ether oxygens (including phenoxy) is 1. The topological polar surface area (TPSA) is 132 Å². The highest BCUT2D eigenvalue weighted by Crippen LogP contribution is 2.29. The Hall–Kier alpha value is -2.98. The second kappa shape index (κ2) is 13.0. The van der Waals surface area contributed by atoms with E-state index in [4.69, 9.17) is 9.94 Å². The zero-order valence-corrected chi connectivity index (χ0v) is 19.7. The van der Waals surface area contributed by atoms with Gasteiger partial charge in [0.2, 0.25) is 11.8 Å². The van der Waals surface area contributed by atoms with Crippen molar-refractivity contribution in [3.05, 3.63) is 35.4 Å². The van der Waals surface area contributed by atoms with Crippen LogP contribution in [0.25, 0.3) is 0 Å². The third-order valence-corrected chi connectivity index (χ3v) is 6.48. The summed E-state index contributed by atoms with van der Waals surface area (Å²) in [6.45, 7) is 2.92. The third-order valence-electron chi connectivity index (χ3n) is 6.48. The Kier molecular flexibility index (Phi) is 9.84. The highest BCUT2D eigenvalue weighted by atomic mass is 16.5. The van der Waals surface area contributed by atoms with Crippen molar-refractivity contribution < 1.29 is 24.3 Å². The van der Waals surface area contributed by atoms with Gasteiger partial charge in [0.05, 0.1) is 25.4 Å². The van der Waals surface area contributed by atoms with Crippen LogP contribution in [0.4, 0.5) is 0 Å². The van der Waals surface area contributed by atoms with Gasteiger partial charge in [0, 0.05) is 13.1 Å². The van der Waals surface area contributed by atoms with Crippen molar-refractivity contribution in [3.8, 4) is 0 Å². The summed E-state index contributed by atoms with van der Waals surface area (Å²) >= 11 is 0. The quantitative estimate of drug-likeness (QED) is 0.216. The first kappa shape index (κ1) is 25.6. The van der Waals surface area contributed by atoms with Crippen LogP contribution >= 0.6 is 0 Å². The number of hydrogen-bond donors (Lipinski definition) is 4. The highest BCUT2D eigenvalue weighted by molar-refractivity contribution is 5.91. The first-order valence-corrected chi connectivity index (χ1v) is 12.0. The van der Waals surface area contributed by atoms with Crippen LogP contribution in [0.1, 0.15) is 56.6 Å². The maximum Gasteiger partial charge on any atom is 0.319 e. The fourth-order valence-electron chi connectivity index (χ4n) is 4.56. The number of amides is 2. The van der Waals surface area contributed by atoms with Crippen molar-refractivity contribution >= 4 is 24.0 Å². The van der Waals surface area contributed by atoms with Gasteiger partial charge in [0.25, 0.3) is 0 Å². The number of nitrogens with zero attached hydrogens (tertiary/aromatic N) is 2. The number of hydrogen-bond acceptors (Lipinski definition) is 8. The summed E-state index contributed by atoms with van der Waals surface area (Å²) in [7, 11) is 0. The molecule has 0 unspecified atom stereocenters. The van der Waals surface area contributed by atoms with E-state index in [1.165, 1.54) is 6.21 Å². The molecule has 0 bridgehead atoms.